The van der Waals surface area contributed by atoms with Gasteiger partial charge in [0.15, 0.2) is 0 Å². The summed E-state index contributed by atoms with van der Waals surface area (Å²) in [7, 11) is -3.10. The Hall–Kier alpha value is -2.99. The molecule has 1 aliphatic rings. The number of hydrogen-bond donors (Lipinski definition) is 2. The molecule has 0 bridgehead atoms. The molecule has 1 aliphatic heterocycles. The number of carbonyl (C=O) groups is 2. The van der Waals surface area contributed by atoms with Crippen LogP contribution < -0.4 is 19.7 Å². The first-order valence-electron chi connectivity index (χ1n) is 11.3. The number of nitrogens with one attached hydrogen (secondary N) is 2. The van der Waals surface area contributed by atoms with Crippen LogP contribution in [0.15, 0.2) is 47.4 Å². The summed E-state index contributed by atoms with van der Waals surface area (Å²) in [6.45, 7) is 4.19. The molecular formula is C24H38FN3O6S2. The van der Waals surface area contributed by atoms with Gasteiger partial charge in [-0.15, -0.1) is 0 Å². The van der Waals surface area contributed by atoms with Crippen molar-refractivity contribution in [2.24, 2.45) is 0 Å². The topological polar surface area (TPSA) is 114 Å². The molecule has 12 heteroatoms. The summed E-state index contributed by atoms with van der Waals surface area (Å²) in [5.74, 6) is 1.74. The van der Waals surface area contributed by atoms with Crippen molar-refractivity contribution in [2.45, 2.75) is 18.7 Å². The molecule has 0 spiro atoms. The minimum absolute atomic E-state index is 0. The standard InChI is InChI=1S/C21H27FN2O5S2.C3H7NO.2H2/c1-4-30(2,3)14-13-29-21(25)23-17-7-10-20-19(15-17)24(11-12-28-20)31(26,27)18-8-5-16(22)6-9-18;1-3(5)4-2;;/h5-10,15H,4,11-14H2,1-3H3,(H,23,25);1-2H3,(H,4,5);2*1H. The van der Waals surface area contributed by atoms with Gasteiger partial charge in [-0.2, -0.15) is 0 Å². The Bertz CT molecular complexity index is 1170. The van der Waals surface area contributed by atoms with Gasteiger partial charge in [-0.25, -0.2) is 27.6 Å². The van der Waals surface area contributed by atoms with E-state index in [0.29, 0.717) is 23.7 Å². The highest BCUT2D eigenvalue weighted by Gasteiger charge is 2.30. The summed E-state index contributed by atoms with van der Waals surface area (Å²) < 4.78 is 51.5. The maximum absolute atomic E-state index is 13.2. The largest absolute Gasteiger partial charge is 0.489 e. The molecule has 2 aromatic rings. The Balaban J connectivity index is 0.00000179. The first-order chi connectivity index (χ1) is 16.9. The Morgan fingerprint density at radius 2 is 1.81 bits per heavy atom. The van der Waals surface area contributed by atoms with Gasteiger partial charge >= 0.3 is 6.09 Å². The lowest BCUT2D eigenvalue weighted by Gasteiger charge is -2.31. The number of hydrogen-bond acceptors (Lipinski definition) is 6. The maximum atomic E-state index is 13.2. The number of nitrogens with zero attached hydrogens (tertiary/aromatic N) is 1. The average molecular weight is 548 g/mol. The third-order valence-corrected chi connectivity index (χ3v) is 10.1. The summed E-state index contributed by atoms with van der Waals surface area (Å²) in [4.78, 5) is 21.8. The Labute approximate surface area is 216 Å². The first kappa shape index (κ1) is 29.2. The molecule has 3 rings (SSSR count). The van der Waals surface area contributed by atoms with E-state index in [2.05, 4.69) is 30.1 Å². The summed E-state index contributed by atoms with van der Waals surface area (Å²) in [5.41, 5.74) is 0.681. The van der Waals surface area contributed by atoms with Gasteiger partial charge in [0.1, 0.15) is 24.8 Å². The number of sulfonamides is 1. The molecule has 36 heavy (non-hydrogen) atoms. The van der Waals surface area contributed by atoms with E-state index in [1.807, 2.05) is 0 Å². The minimum Gasteiger partial charge on any atom is -0.489 e. The maximum Gasteiger partial charge on any atom is 0.411 e. The summed E-state index contributed by atoms with van der Waals surface area (Å²) in [5, 5.41) is 5.03. The van der Waals surface area contributed by atoms with Crippen LogP contribution in [0.4, 0.5) is 20.6 Å². The molecule has 0 saturated carbocycles. The number of rotatable bonds is 7. The highest BCUT2D eigenvalue weighted by Crippen LogP contribution is 2.39. The van der Waals surface area contributed by atoms with Crippen LogP contribution in [0.2, 0.25) is 0 Å². The van der Waals surface area contributed by atoms with E-state index in [9.17, 15) is 22.4 Å². The van der Waals surface area contributed by atoms with Gasteiger partial charge < -0.3 is 14.8 Å². The van der Waals surface area contributed by atoms with E-state index >= 15 is 0 Å². The van der Waals surface area contributed by atoms with Crippen molar-refractivity contribution < 1.29 is 34.7 Å². The van der Waals surface area contributed by atoms with E-state index in [1.165, 1.54) is 29.4 Å². The monoisotopic (exact) mass is 547 g/mol. The second-order valence-corrected chi connectivity index (χ2v) is 14.8. The second-order valence-electron chi connectivity index (χ2n) is 8.39. The zero-order chi connectivity index (χ0) is 26.9. The molecule has 0 unspecified atom stereocenters. The molecule has 0 aliphatic carbocycles. The van der Waals surface area contributed by atoms with Gasteiger partial charge in [0, 0.05) is 28.3 Å². The Morgan fingerprint density at radius 3 is 2.39 bits per heavy atom. The smallest absolute Gasteiger partial charge is 0.411 e. The van der Waals surface area contributed by atoms with Gasteiger partial charge in [-0.1, -0.05) is 6.92 Å². The lowest BCUT2D eigenvalue weighted by atomic mass is 10.2. The quantitative estimate of drug-likeness (QED) is 0.535. The van der Waals surface area contributed by atoms with E-state index < -0.39 is 32.0 Å². The highest BCUT2D eigenvalue weighted by atomic mass is 32.3. The molecule has 1 heterocycles. The van der Waals surface area contributed by atoms with E-state index in [-0.39, 0.29) is 26.8 Å². The molecule has 0 radical (unpaired) electrons. The van der Waals surface area contributed by atoms with E-state index in [0.717, 1.165) is 23.6 Å². The molecule has 0 atom stereocenters. The number of amides is 2. The molecule has 2 aromatic carbocycles. The van der Waals surface area contributed by atoms with Crippen molar-refractivity contribution in [3.05, 3.63) is 48.3 Å². The molecule has 204 valence electrons. The predicted octanol–water partition coefficient (Wildman–Crippen LogP) is 4.29. The minimum atomic E-state index is -3.93. The van der Waals surface area contributed by atoms with Crippen LogP contribution in [0.3, 0.4) is 0 Å². The third-order valence-electron chi connectivity index (χ3n) is 5.43. The van der Waals surface area contributed by atoms with Gasteiger partial charge in [0.05, 0.1) is 17.1 Å². The molecule has 0 aromatic heterocycles. The van der Waals surface area contributed by atoms with Crippen molar-refractivity contribution >= 4 is 43.4 Å². The zero-order valence-electron chi connectivity index (χ0n) is 21.2. The van der Waals surface area contributed by atoms with Crippen molar-refractivity contribution in [3.8, 4) is 5.75 Å². The van der Waals surface area contributed by atoms with E-state index in [1.54, 1.807) is 19.2 Å². The number of anilines is 2. The first-order valence-corrected chi connectivity index (χ1v) is 15.5. The highest BCUT2D eigenvalue weighted by molar-refractivity contribution is 8.32. The third kappa shape index (κ3) is 8.30. The summed E-state index contributed by atoms with van der Waals surface area (Å²) in [6, 6.07) is 9.39. The van der Waals surface area contributed by atoms with E-state index in [4.69, 9.17) is 9.47 Å². The fourth-order valence-electron chi connectivity index (χ4n) is 2.91. The summed E-state index contributed by atoms with van der Waals surface area (Å²) >= 11 is 0. The van der Waals surface area contributed by atoms with Crippen molar-refractivity contribution in [1.29, 1.82) is 0 Å². The van der Waals surface area contributed by atoms with Crippen LogP contribution in [-0.2, 0) is 19.6 Å². The lowest BCUT2D eigenvalue weighted by molar-refractivity contribution is -0.118. The number of halogens is 1. The van der Waals surface area contributed by atoms with Crippen LogP contribution >= 0.6 is 10.0 Å². The van der Waals surface area contributed by atoms with Crippen LogP contribution in [0.1, 0.15) is 16.7 Å². The van der Waals surface area contributed by atoms with Gasteiger partial charge in [0.25, 0.3) is 10.0 Å². The molecule has 0 fully saturated rings. The second kappa shape index (κ2) is 12.8. The van der Waals surface area contributed by atoms with Crippen molar-refractivity contribution in [3.63, 3.8) is 0 Å². The average Bonchev–Trinajstić information content (AvgIpc) is 2.84. The molecule has 2 N–H and O–H groups in total. The van der Waals surface area contributed by atoms with Crippen LogP contribution in [0, 0.1) is 5.82 Å². The van der Waals surface area contributed by atoms with Crippen LogP contribution in [0.25, 0.3) is 0 Å². The van der Waals surface area contributed by atoms with Crippen molar-refractivity contribution in [2.75, 3.05) is 60.4 Å². The van der Waals surface area contributed by atoms with Gasteiger partial charge in [-0.05, 0) is 60.7 Å². The van der Waals surface area contributed by atoms with Gasteiger partial charge in [-0.3, -0.25) is 14.4 Å². The molecular weight excluding hydrogens is 509 g/mol. The number of benzene rings is 2. The van der Waals surface area contributed by atoms with Crippen LogP contribution in [0.5, 0.6) is 5.75 Å². The number of carbonyl (C=O) groups excluding carboxylic acids is 2. The van der Waals surface area contributed by atoms with Gasteiger partial charge in [0.2, 0.25) is 5.91 Å². The SMILES string of the molecule is CCS(C)(C)CCOC(=O)Nc1ccc2c(c1)N(S(=O)(=O)c1ccc(F)cc1)CCO2.CNC(C)=O.[HH].[HH]. The fraction of sp³-hybridized carbons (Fsp3) is 0.417. The molecule has 0 saturated heterocycles. The summed E-state index contributed by atoms with van der Waals surface area (Å²) in [6.07, 6.45) is 3.78. The van der Waals surface area contributed by atoms with Crippen molar-refractivity contribution in [1.82, 2.24) is 5.32 Å². The fourth-order valence-corrected chi connectivity index (χ4v) is 5.19. The number of fused-ring (bicyclic) bond motifs is 1. The lowest BCUT2D eigenvalue weighted by Crippen LogP contribution is -2.38. The predicted molar refractivity (Wildman–Crippen MR) is 147 cm³/mol. The molecule has 2 amide bonds. The Morgan fingerprint density at radius 1 is 1.17 bits per heavy atom. The molecule has 9 nitrogen and oxygen atoms in total. The number of ether oxygens (including phenoxy) is 2. The Kier molecular flexibility index (Phi) is 10.4. The zero-order valence-corrected chi connectivity index (χ0v) is 22.8. The van der Waals surface area contributed by atoms with Crippen LogP contribution in [-0.4, -0.2) is 71.2 Å². The normalized spacial score (nSPS) is 13.3.